The predicted molar refractivity (Wildman–Crippen MR) is 40.2 cm³/mol. The van der Waals surface area contributed by atoms with Crippen LogP contribution in [0.3, 0.4) is 0 Å². The highest BCUT2D eigenvalue weighted by Gasteiger charge is 2.25. The van der Waals surface area contributed by atoms with E-state index in [1.165, 1.54) is 6.92 Å². The molecule has 1 aromatic heterocycles. The molecule has 1 rings (SSSR count). The molecule has 0 saturated heterocycles. The van der Waals surface area contributed by atoms with Gasteiger partial charge in [0.2, 0.25) is 0 Å². The third kappa shape index (κ3) is 1.60. The van der Waals surface area contributed by atoms with Gasteiger partial charge in [-0.3, -0.25) is 4.79 Å². The lowest BCUT2D eigenvalue weighted by Gasteiger charge is -1.84. The maximum atomic E-state index is 10.8. The third-order valence-corrected chi connectivity index (χ3v) is 1.39. The zero-order valence-corrected chi connectivity index (χ0v) is 6.97. The SMILES string of the molecule is Cc1oc(C(=O)C(=O)O)nc1C(=O)O. The molecule has 0 aliphatic rings. The van der Waals surface area contributed by atoms with Crippen molar-refractivity contribution in [1.82, 2.24) is 4.98 Å². The fourth-order valence-electron chi connectivity index (χ4n) is 0.783. The highest BCUT2D eigenvalue weighted by Crippen LogP contribution is 2.10. The summed E-state index contributed by atoms with van der Waals surface area (Å²) in [4.78, 5) is 34.7. The number of aliphatic carboxylic acids is 1. The van der Waals surface area contributed by atoms with Crippen molar-refractivity contribution in [2.45, 2.75) is 6.92 Å². The number of oxazole rings is 1. The Morgan fingerprint density at radius 2 is 1.86 bits per heavy atom. The van der Waals surface area contributed by atoms with Crippen LogP contribution < -0.4 is 0 Å². The number of carbonyl (C=O) groups is 3. The van der Waals surface area contributed by atoms with Crippen LogP contribution in [0.2, 0.25) is 0 Å². The van der Waals surface area contributed by atoms with Gasteiger partial charge in [-0.2, -0.15) is 4.98 Å². The number of hydrogen-bond donors (Lipinski definition) is 2. The van der Waals surface area contributed by atoms with Crippen molar-refractivity contribution in [2.24, 2.45) is 0 Å². The number of aromatic nitrogens is 1. The smallest absolute Gasteiger partial charge is 0.382 e. The summed E-state index contributed by atoms with van der Waals surface area (Å²) in [5.74, 6) is -5.34. The number of aryl methyl sites for hydroxylation is 1. The van der Waals surface area contributed by atoms with E-state index in [0.29, 0.717) is 0 Å². The molecule has 0 spiro atoms. The number of ketones is 1. The van der Waals surface area contributed by atoms with Gasteiger partial charge >= 0.3 is 17.7 Å². The Labute approximate surface area is 77.0 Å². The molecule has 0 aromatic carbocycles. The van der Waals surface area contributed by atoms with E-state index >= 15 is 0 Å². The highest BCUT2D eigenvalue weighted by atomic mass is 16.4. The quantitative estimate of drug-likeness (QED) is 0.517. The van der Waals surface area contributed by atoms with Crippen LogP contribution in [0.25, 0.3) is 0 Å². The number of aromatic carboxylic acids is 1. The zero-order valence-electron chi connectivity index (χ0n) is 6.97. The summed E-state index contributed by atoms with van der Waals surface area (Å²) in [7, 11) is 0. The van der Waals surface area contributed by atoms with Crippen LogP contribution in [0.1, 0.15) is 26.9 Å². The summed E-state index contributed by atoms with van der Waals surface area (Å²) in [5.41, 5.74) is -0.463. The molecule has 1 aromatic rings. The Morgan fingerprint density at radius 1 is 1.29 bits per heavy atom. The Bertz CT molecular complexity index is 418. The number of carboxylic acid groups (broad SMARTS) is 2. The van der Waals surface area contributed by atoms with Crippen molar-refractivity contribution in [3.05, 3.63) is 17.3 Å². The van der Waals surface area contributed by atoms with E-state index in [9.17, 15) is 14.4 Å². The Balaban J connectivity index is 3.15. The molecule has 74 valence electrons. The molecule has 0 bridgehead atoms. The number of carbonyl (C=O) groups excluding carboxylic acids is 1. The van der Waals surface area contributed by atoms with E-state index in [1.807, 2.05) is 0 Å². The van der Waals surface area contributed by atoms with E-state index in [0.717, 1.165) is 0 Å². The fraction of sp³-hybridized carbons (Fsp3) is 0.143. The molecule has 14 heavy (non-hydrogen) atoms. The lowest BCUT2D eigenvalue weighted by molar-refractivity contribution is -0.132. The van der Waals surface area contributed by atoms with Crippen molar-refractivity contribution in [2.75, 3.05) is 0 Å². The number of nitrogens with zero attached hydrogens (tertiary/aromatic N) is 1. The first-order valence-corrected chi connectivity index (χ1v) is 3.42. The molecule has 0 aliphatic carbocycles. The van der Waals surface area contributed by atoms with E-state index in [-0.39, 0.29) is 5.76 Å². The molecule has 0 unspecified atom stereocenters. The minimum Gasteiger partial charge on any atom is -0.476 e. The molecule has 7 heteroatoms. The van der Waals surface area contributed by atoms with Crippen LogP contribution >= 0.6 is 0 Å². The zero-order chi connectivity index (χ0) is 10.9. The Hall–Kier alpha value is -2.18. The van der Waals surface area contributed by atoms with Gasteiger partial charge in [0.1, 0.15) is 5.76 Å². The van der Waals surface area contributed by atoms with E-state index in [1.54, 1.807) is 0 Å². The minimum absolute atomic E-state index is 0.109. The second kappa shape index (κ2) is 3.29. The second-order valence-corrected chi connectivity index (χ2v) is 2.36. The number of Topliss-reactive ketones (excluding diaryl/α,β-unsaturated/α-hetero) is 1. The van der Waals surface area contributed by atoms with Crippen molar-refractivity contribution < 1.29 is 29.0 Å². The van der Waals surface area contributed by atoms with E-state index in [4.69, 9.17) is 10.2 Å². The monoisotopic (exact) mass is 199 g/mol. The van der Waals surface area contributed by atoms with Crippen LogP contribution in [0.15, 0.2) is 4.42 Å². The molecule has 0 saturated carbocycles. The first-order chi connectivity index (χ1) is 6.43. The van der Waals surface area contributed by atoms with Gasteiger partial charge in [-0.15, -0.1) is 0 Å². The molecule has 7 nitrogen and oxygen atoms in total. The van der Waals surface area contributed by atoms with Crippen LogP contribution in [0, 0.1) is 6.92 Å². The lowest BCUT2D eigenvalue weighted by Crippen LogP contribution is -2.13. The van der Waals surface area contributed by atoms with Crippen LogP contribution in [-0.2, 0) is 4.79 Å². The summed E-state index contributed by atoms with van der Waals surface area (Å²) in [5, 5.41) is 16.8. The first kappa shape index (κ1) is 9.90. The van der Waals surface area contributed by atoms with Gasteiger partial charge in [-0.1, -0.05) is 0 Å². The second-order valence-electron chi connectivity index (χ2n) is 2.36. The normalized spacial score (nSPS) is 9.79. The van der Waals surface area contributed by atoms with Crippen molar-refractivity contribution in [1.29, 1.82) is 0 Å². The summed E-state index contributed by atoms with van der Waals surface area (Å²) in [6, 6.07) is 0. The van der Waals surface area contributed by atoms with Crippen LogP contribution in [0.4, 0.5) is 0 Å². The lowest BCUT2D eigenvalue weighted by atomic mass is 10.4. The molecule has 0 radical (unpaired) electrons. The fourth-order valence-corrected chi connectivity index (χ4v) is 0.783. The van der Waals surface area contributed by atoms with Gasteiger partial charge < -0.3 is 14.6 Å². The maximum absolute atomic E-state index is 10.8. The average molecular weight is 199 g/mol. The van der Waals surface area contributed by atoms with Gasteiger partial charge in [-0.25, -0.2) is 9.59 Å². The van der Waals surface area contributed by atoms with Gasteiger partial charge in [0, 0.05) is 0 Å². The summed E-state index contributed by atoms with van der Waals surface area (Å²) in [6.07, 6.45) is 0. The maximum Gasteiger partial charge on any atom is 0.382 e. The van der Waals surface area contributed by atoms with Crippen molar-refractivity contribution >= 4 is 17.7 Å². The number of hydrogen-bond acceptors (Lipinski definition) is 5. The molecule has 0 fully saturated rings. The minimum atomic E-state index is -1.75. The molecule has 0 aliphatic heterocycles. The predicted octanol–water partition coefficient (Wildman–Crippen LogP) is -0.0515. The molecular formula is C7H5NO6. The molecule has 0 atom stereocenters. The van der Waals surface area contributed by atoms with Crippen LogP contribution in [-0.4, -0.2) is 32.9 Å². The summed E-state index contributed by atoms with van der Waals surface area (Å²) < 4.78 is 4.58. The molecular weight excluding hydrogens is 194 g/mol. The largest absolute Gasteiger partial charge is 0.476 e. The topological polar surface area (TPSA) is 118 Å². The Kier molecular flexibility index (Phi) is 2.32. The summed E-state index contributed by atoms with van der Waals surface area (Å²) >= 11 is 0. The summed E-state index contributed by atoms with van der Waals surface area (Å²) in [6.45, 7) is 1.27. The van der Waals surface area contributed by atoms with E-state index in [2.05, 4.69) is 9.40 Å². The van der Waals surface area contributed by atoms with Crippen molar-refractivity contribution in [3.8, 4) is 0 Å². The van der Waals surface area contributed by atoms with Crippen LogP contribution in [0.5, 0.6) is 0 Å². The van der Waals surface area contributed by atoms with Gasteiger partial charge in [0.25, 0.3) is 5.89 Å². The third-order valence-electron chi connectivity index (χ3n) is 1.39. The van der Waals surface area contributed by atoms with Gasteiger partial charge in [0.15, 0.2) is 5.69 Å². The van der Waals surface area contributed by atoms with E-state index < -0.39 is 29.3 Å². The molecule has 1 heterocycles. The van der Waals surface area contributed by atoms with Crippen molar-refractivity contribution in [3.63, 3.8) is 0 Å². The van der Waals surface area contributed by atoms with Gasteiger partial charge in [0.05, 0.1) is 0 Å². The number of rotatable bonds is 3. The first-order valence-electron chi connectivity index (χ1n) is 3.42. The highest BCUT2D eigenvalue weighted by molar-refractivity contribution is 6.38. The Morgan fingerprint density at radius 3 is 2.21 bits per heavy atom. The number of carboxylic acids is 2. The molecule has 0 amide bonds. The average Bonchev–Trinajstić information content (AvgIpc) is 2.45. The molecule has 2 N–H and O–H groups in total. The standard InChI is InChI=1S/C7H5NO6/c1-2-3(6(10)11)8-5(14-2)4(9)7(12)13/h1H3,(H,10,11)(H,12,13). The van der Waals surface area contributed by atoms with Gasteiger partial charge in [-0.05, 0) is 6.92 Å².